The minimum absolute atomic E-state index is 0.177. The summed E-state index contributed by atoms with van der Waals surface area (Å²) in [5, 5.41) is 15.1. The van der Waals surface area contributed by atoms with E-state index in [-0.39, 0.29) is 24.1 Å². The Bertz CT molecular complexity index is 401. The van der Waals surface area contributed by atoms with Crippen molar-refractivity contribution in [2.24, 2.45) is 5.92 Å². The summed E-state index contributed by atoms with van der Waals surface area (Å²) in [6.07, 6.45) is 0.171. The van der Waals surface area contributed by atoms with Gasteiger partial charge in [-0.15, -0.1) is 0 Å². The highest BCUT2D eigenvalue weighted by Gasteiger charge is 2.13. The molecule has 0 aromatic carbocycles. The molecule has 5 nitrogen and oxygen atoms in total. The molecule has 0 aliphatic rings. The molecule has 19 heavy (non-hydrogen) atoms. The number of aliphatic hydroxyl groups excluding tert-OH is 1. The van der Waals surface area contributed by atoms with Crippen LogP contribution in [0.25, 0.3) is 0 Å². The second-order valence-electron chi connectivity index (χ2n) is 5.17. The highest BCUT2D eigenvalue weighted by atomic mass is 16.3. The molecule has 0 radical (unpaired) electrons. The van der Waals surface area contributed by atoms with E-state index >= 15 is 0 Å². The van der Waals surface area contributed by atoms with Gasteiger partial charge in [0.2, 0.25) is 0 Å². The second-order valence-corrected chi connectivity index (χ2v) is 5.17. The number of aryl methyl sites for hydroxylation is 1. The fourth-order valence-electron chi connectivity index (χ4n) is 1.67. The van der Waals surface area contributed by atoms with Crippen LogP contribution in [0.2, 0.25) is 0 Å². The topological polar surface area (TPSA) is 74.5 Å². The first-order valence-corrected chi connectivity index (χ1v) is 6.69. The van der Waals surface area contributed by atoms with E-state index in [0.29, 0.717) is 13.0 Å². The van der Waals surface area contributed by atoms with Crippen molar-refractivity contribution in [2.75, 3.05) is 6.54 Å². The summed E-state index contributed by atoms with van der Waals surface area (Å²) in [5.41, 5.74) is 0. The van der Waals surface area contributed by atoms with E-state index < -0.39 is 0 Å². The molecule has 2 atom stereocenters. The van der Waals surface area contributed by atoms with Crippen LogP contribution >= 0.6 is 0 Å². The summed E-state index contributed by atoms with van der Waals surface area (Å²) in [6, 6.07) is 3.29. The Morgan fingerprint density at radius 2 is 2.05 bits per heavy atom. The van der Waals surface area contributed by atoms with Crippen molar-refractivity contribution in [1.29, 1.82) is 0 Å². The molecule has 1 rings (SSSR count). The Kier molecular flexibility index (Phi) is 5.89. The molecule has 1 aromatic rings. The summed E-state index contributed by atoms with van der Waals surface area (Å²) in [6.45, 7) is 8.08. The Morgan fingerprint density at radius 3 is 2.58 bits per heavy atom. The number of rotatable bonds is 6. The van der Waals surface area contributed by atoms with Gasteiger partial charge >= 0.3 is 6.03 Å². The van der Waals surface area contributed by atoms with E-state index in [1.807, 2.05) is 39.8 Å². The van der Waals surface area contributed by atoms with E-state index in [2.05, 4.69) is 10.6 Å². The lowest BCUT2D eigenvalue weighted by molar-refractivity contribution is 0.116. The molecule has 0 saturated carbocycles. The minimum atomic E-state index is -0.384. The molecule has 0 saturated heterocycles. The van der Waals surface area contributed by atoms with Gasteiger partial charge in [-0.05, 0) is 38.3 Å². The molecule has 2 unspecified atom stereocenters. The van der Waals surface area contributed by atoms with Crippen LogP contribution in [0, 0.1) is 12.8 Å². The van der Waals surface area contributed by atoms with Gasteiger partial charge in [0.15, 0.2) is 0 Å². The fraction of sp³-hybridized carbons (Fsp3) is 0.643. The van der Waals surface area contributed by atoms with Gasteiger partial charge in [0.25, 0.3) is 0 Å². The van der Waals surface area contributed by atoms with Crippen LogP contribution in [0.15, 0.2) is 16.5 Å². The number of amides is 2. The standard InChI is InChI=1S/C14H24N2O3/c1-9(2)12(17)7-8-15-14(18)16-11(4)13-6-5-10(3)19-13/h5-6,9,11-12,17H,7-8H2,1-4H3,(H2,15,16,18). The number of urea groups is 1. The van der Waals surface area contributed by atoms with E-state index in [1.165, 1.54) is 0 Å². The van der Waals surface area contributed by atoms with Crippen LogP contribution in [0.4, 0.5) is 4.79 Å². The van der Waals surface area contributed by atoms with Crippen LogP contribution in [-0.2, 0) is 0 Å². The van der Waals surface area contributed by atoms with Crippen LogP contribution in [0.1, 0.15) is 44.8 Å². The Morgan fingerprint density at radius 1 is 1.37 bits per heavy atom. The highest BCUT2D eigenvalue weighted by Crippen LogP contribution is 2.15. The van der Waals surface area contributed by atoms with Crippen LogP contribution < -0.4 is 10.6 Å². The van der Waals surface area contributed by atoms with Gasteiger partial charge in [-0.1, -0.05) is 13.8 Å². The smallest absolute Gasteiger partial charge is 0.315 e. The zero-order chi connectivity index (χ0) is 14.4. The fourth-order valence-corrected chi connectivity index (χ4v) is 1.67. The zero-order valence-corrected chi connectivity index (χ0v) is 12.1. The summed E-state index contributed by atoms with van der Waals surface area (Å²) >= 11 is 0. The molecule has 3 N–H and O–H groups in total. The number of hydrogen-bond acceptors (Lipinski definition) is 3. The number of furan rings is 1. The SMILES string of the molecule is Cc1ccc(C(C)NC(=O)NCCC(O)C(C)C)o1. The average molecular weight is 268 g/mol. The van der Waals surface area contributed by atoms with Gasteiger partial charge in [-0.3, -0.25) is 0 Å². The van der Waals surface area contributed by atoms with Gasteiger partial charge in [-0.25, -0.2) is 4.79 Å². The van der Waals surface area contributed by atoms with Crippen LogP contribution in [0.3, 0.4) is 0 Å². The van der Waals surface area contributed by atoms with Crippen molar-refractivity contribution in [1.82, 2.24) is 10.6 Å². The molecular weight excluding hydrogens is 244 g/mol. The second kappa shape index (κ2) is 7.19. The number of carbonyl (C=O) groups is 1. The summed E-state index contributed by atoms with van der Waals surface area (Å²) in [4.78, 5) is 11.6. The van der Waals surface area contributed by atoms with Crippen molar-refractivity contribution < 1.29 is 14.3 Å². The zero-order valence-electron chi connectivity index (χ0n) is 12.1. The number of hydrogen-bond donors (Lipinski definition) is 3. The number of nitrogens with one attached hydrogen (secondary N) is 2. The van der Waals surface area contributed by atoms with Gasteiger partial charge in [-0.2, -0.15) is 0 Å². The molecule has 108 valence electrons. The first kappa shape index (κ1) is 15.6. The monoisotopic (exact) mass is 268 g/mol. The van der Waals surface area contributed by atoms with Gasteiger partial charge in [0.05, 0.1) is 12.1 Å². The maximum atomic E-state index is 11.6. The van der Waals surface area contributed by atoms with Crippen molar-refractivity contribution >= 4 is 6.03 Å². The number of aliphatic hydroxyl groups is 1. The van der Waals surface area contributed by atoms with Gasteiger partial charge in [0.1, 0.15) is 11.5 Å². The summed E-state index contributed by atoms with van der Waals surface area (Å²) in [5.74, 6) is 1.76. The van der Waals surface area contributed by atoms with Gasteiger partial charge in [0, 0.05) is 6.54 Å². The third-order valence-electron chi connectivity index (χ3n) is 3.03. The summed E-state index contributed by atoms with van der Waals surface area (Å²) in [7, 11) is 0. The maximum absolute atomic E-state index is 11.6. The lowest BCUT2D eigenvalue weighted by Crippen LogP contribution is -2.38. The Hall–Kier alpha value is -1.49. The lowest BCUT2D eigenvalue weighted by Gasteiger charge is -2.16. The quantitative estimate of drug-likeness (QED) is 0.741. The number of carbonyl (C=O) groups excluding carboxylic acids is 1. The molecule has 0 aliphatic heterocycles. The van der Waals surface area contributed by atoms with Crippen LogP contribution in [0.5, 0.6) is 0 Å². The van der Waals surface area contributed by atoms with E-state index in [9.17, 15) is 9.90 Å². The van der Waals surface area contributed by atoms with Crippen molar-refractivity contribution in [3.8, 4) is 0 Å². The molecule has 2 amide bonds. The predicted molar refractivity (Wildman–Crippen MR) is 73.9 cm³/mol. The Labute approximate surface area is 114 Å². The molecule has 0 spiro atoms. The highest BCUT2D eigenvalue weighted by molar-refractivity contribution is 5.74. The molecule has 0 aliphatic carbocycles. The largest absolute Gasteiger partial charge is 0.464 e. The van der Waals surface area contributed by atoms with Crippen molar-refractivity contribution in [3.05, 3.63) is 23.7 Å². The normalized spacial score (nSPS) is 14.2. The third-order valence-corrected chi connectivity index (χ3v) is 3.03. The average Bonchev–Trinajstić information content (AvgIpc) is 2.75. The van der Waals surface area contributed by atoms with E-state index in [1.54, 1.807) is 0 Å². The third kappa shape index (κ3) is 5.34. The first-order chi connectivity index (χ1) is 8.90. The minimum Gasteiger partial charge on any atom is -0.464 e. The molecular formula is C14H24N2O3. The molecule has 0 bridgehead atoms. The molecule has 0 fully saturated rings. The molecule has 1 heterocycles. The molecule has 5 heteroatoms. The van der Waals surface area contributed by atoms with Gasteiger partial charge < -0.3 is 20.2 Å². The lowest BCUT2D eigenvalue weighted by atomic mass is 10.0. The molecule has 1 aromatic heterocycles. The van der Waals surface area contributed by atoms with E-state index in [0.717, 1.165) is 11.5 Å². The van der Waals surface area contributed by atoms with E-state index in [4.69, 9.17) is 4.42 Å². The Balaban J connectivity index is 2.27. The summed E-state index contributed by atoms with van der Waals surface area (Å²) < 4.78 is 5.44. The first-order valence-electron chi connectivity index (χ1n) is 6.69. The van der Waals surface area contributed by atoms with Crippen molar-refractivity contribution in [2.45, 2.75) is 46.3 Å². The predicted octanol–water partition coefficient (Wildman–Crippen LogP) is 2.36. The van der Waals surface area contributed by atoms with Crippen molar-refractivity contribution in [3.63, 3.8) is 0 Å². The van der Waals surface area contributed by atoms with Crippen LogP contribution in [-0.4, -0.2) is 23.8 Å². The maximum Gasteiger partial charge on any atom is 0.315 e.